The van der Waals surface area contributed by atoms with E-state index in [2.05, 4.69) is 11.6 Å². The van der Waals surface area contributed by atoms with Crippen molar-refractivity contribution >= 4 is 45.9 Å². The van der Waals surface area contributed by atoms with E-state index >= 15 is 0 Å². The lowest BCUT2D eigenvalue weighted by Crippen LogP contribution is -2.27. The summed E-state index contributed by atoms with van der Waals surface area (Å²) in [5, 5.41) is 1.45. The molecule has 0 spiro atoms. The van der Waals surface area contributed by atoms with Crippen LogP contribution in [-0.4, -0.2) is 40.1 Å². The first-order valence-corrected chi connectivity index (χ1v) is 12.3. The van der Waals surface area contributed by atoms with Crippen LogP contribution in [-0.2, 0) is 11.4 Å². The number of aryl methyl sites for hydroxylation is 1. The van der Waals surface area contributed by atoms with Crippen molar-refractivity contribution in [2.75, 3.05) is 24.2 Å². The number of hydrogen-bond donors (Lipinski definition) is 0. The Kier molecular flexibility index (Phi) is 8.96. The zero-order valence-corrected chi connectivity index (χ0v) is 21.5. The summed E-state index contributed by atoms with van der Waals surface area (Å²) >= 11 is 7.88. The average Bonchev–Trinajstić information content (AvgIpc) is 2.84. The molecule has 1 aromatic carbocycles. The number of nitrogens with zero attached hydrogens (tertiary/aromatic N) is 4. The number of amides is 1. The molecule has 3 aromatic rings. The number of carbonyl (C=O) groups is 1. The summed E-state index contributed by atoms with van der Waals surface area (Å²) in [4.78, 5) is 25.7. The molecule has 2 heterocycles. The molecular formula is C26H29ClN4O2S. The van der Waals surface area contributed by atoms with Crippen molar-refractivity contribution in [1.82, 2.24) is 14.9 Å². The Bertz CT molecular complexity index is 1210. The summed E-state index contributed by atoms with van der Waals surface area (Å²) in [6.07, 6.45) is 8.98. The fourth-order valence-electron chi connectivity index (χ4n) is 3.34. The minimum atomic E-state index is 0.0495. The van der Waals surface area contributed by atoms with Gasteiger partial charge in [-0.1, -0.05) is 36.4 Å². The molecule has 0 fully saturated rings. The number of rotatable bonds is 10. The fraction of sp³-hybridized carbons (Fsp3) is 0.269. The Morgan fingerprint density at radius 1 is 1.32 bits per heavy atom. The van der Waals surface area contributed by atoms with Crippen molar-refractivity contribution in [3.8, 4) is 5.75 Å². The summed E-state index contributed by atoms with van der Waals surface area (Å²) in [6, 6.07) is 7.87. The molecular weight excluding hydrogens is 468 g/mol. The van der Waals surface area contributed by atoms with Gasteiger partial charge in [-0.25, -0.2) is 4.98 Å². The summed E-state index contributed by atoms with van der Waals surface area (Å²) in [5.41, 5.74) is 3.39. The fourth-order valence-corrected chi connectivity index (χ4v) is 4.59. The van der Waals surface area contributed by atoms with E-state index in [0.717, 1.165) is 32.7 Å². The van der Waals surface area contributed by atoms with Crippen molar-refractivity contribution < 1.29 is 9.53 Å². The number of aromatic nitrogens is 2. The van der Waals surface area contributed by atoms with E-state index in [-0.39, 0.29) is 12.5 Å². The van der Waals surface area contributed by atoms with Gasteiger partial charge in [0.2, 0.25) is 5.91 Å². The van der Waals surface area contributed by atoms with Crippen LogP contribution < -0.4 is 9.64 Å². The zero-order valence-electron chi connectivity index (χ0n) is 19.9. The summed E-state index contributed by atoms with van der Waals surface area (Å²) in [5.74, 6) is 1.01. The number of hydrogen-bond acceptors (Lipinski definition) is 6. The molecule has 0 bridgehead atoms. The minimum absolute atomic E-state index is 0.0495. The first-order chi connectivity index (χ1) is 16.4. The Morgan fingerprint density at radius 3 is 2.82 bits per heavy atom. The molecule has 0 radical (unpaired) electrons. The van der Waals surface area contributed by atoms with Crippen LogP contribution in [0.25, 0.3) is 10.9 Å². The number of halogens is 1. The molecule has 0 atom stereocenters. The van der Waals surface area contributed by atoms with Crippen molar-refractivity contribution in [3.63, 3.8) is 0 Å². The van der Waals surface area contributed by atoms with Gasteiger partial charge in [0.05, 0.1) is 16.5 Å². The van der Waals surface area contributed by atoms with E-state index in [1.807, 2.05) is 62.2 Å². The number of carbonyl (C=O) groups excluding carboxylic acids is 1. The molecule has 0 saturated heterocycles. The van der Waals surface area contributed by atoms with Gasteiger partial charge in [-0.15, -0.1) is 11.8 Å². The molecule has 3 rings (SSSR count). The average molecular weight is 497 g/mol. The number of benzene rings is 1. The highest BCUT2D eigenvalue weighted by Crippen LogP contribution is 2.34. The van der Waals surface area contributed by atoms with Crippen LogP contribution in [0, 0.1) is 6.92 Å². The zero-order chi connectivity index (χ0) is 24.7. The maximum absolute atomic E-state index is 12.3. The number of pyridine rings is 2. The van der Waals surface area contributed by atoms with Crippen LogP contribution in [0.2, 0.25) is 5.02 Å². The van der Waals surface area contributed by atoms with E-state index in [1.165, 1.54) is 11.8 Å². The van der Waals surface area contributed by atoms with Gasteiger partial charge in [0.25, 0.3) is 0 Å². The molecule has 0 saturated carbocycles. The monoisotopic (exact) mass is 496 g/mol. The highest BCUT2D eigenvalue weighted by atomic mass is 35.5. The van der Waals surface area contributed by atoms with Gasteiger partial charge in [0.1, 0.15) is 17.9 Å². The molecule has 0 aliphatic rings. The molecule has 2 aromatic heterocycles. The maximum atomic E-state index is 12.3. The van der Waals surface area contributed by atoms with E-state index in [0.29, 0.717) is 23.1 Å². The van der Waals surface area contributed by atoms with Crippen molar-refractivity contribution in [2.24, 2.45) is 0 Å². The van der Waals surface area contributed by atoms with Crippen LogP contribution in [0.15, 0.2) is 66.6 Å². The Balaban J connectivity index is 1.91. The van der Waals surface area contributed by atoms with E-state index in [4.69, 9.17) is 21.3 Å². The number of anilines is 1. The minimum Gasteiger partial charge on any atom is -0.487 e. The van der Waals surface area contributed by atoms with E-state index in [1.54, 1.807) is 30.5 Å². The van der Waals surface area contributed by atoms with Crippen LogP contribution in [0.5, 0.6) is 5.75 Å². The molecule has 178 valence electrons. The van der Waals surface area contributed by atoms with Gasteiger partial charge in [0.15, 0.2) is 0 Å². The standard InChI is InChI=1S/C26H29ClN4O2S/c1-6-12-31(8-3)22-13-18(4)29-26-19(22)10-9-11-23(26)33-16-20-21(27)14-28-15-24(20)34-17-25(32)30(5)7-2/h6,8-15H,3,7,16-17H2,1-2,4-5H3/b12-6-. The van der Waals surface area contributed by atoms with Crippen LogP contribution >= 0.6 is 23.4 Å². The van der Waals surface area contributed by atoms with E-state index in [9.17, 15) is 4.79 Å². The lowest BCUT2D eigenvalue weighted by molar-refractivity contribution is -0.126. The highest BCUT2D eigenvalue weighted by Gasteiger charge is 2.16. The molecule has 0 aliphatic carbocycles. The molecule has 0 N–H and O–H groups in total. The van der Waals surface area contributed by atoms with Crippen molar-refractivity contribution in [3.05, 3.63) is 78.0 Å². The Hall–Kier alpha value is -3.03. The van der Waals surface area contributed by atoms with Gasteiger partial charge < -0.3 is 14.5 Å². The molecule has 34 heavy (non-hydrogen) atoms. The molecule has 6 nitrogen and oxygen atoms in total. The third kappa shape index (κ3) is 5.90. The molecule has 0 aliphatic heterocycles. The number of para-hydroxylation sites is 1. The quantitative estimate of drug-likeness (QED) is 0.310. The second kappa shape index (κ2) is 11.9. The van der Waals surface area contributed by atoms with Crippen LogP contribution in [0.3, 0.4) is 0 Å². The Labute approximate surface area is 210 Å². The highest BCUT2D eigenvalue weighted by molar-refractivity contribution is 8.00. The van der Waals surface area contributed by atoms with Gasteiger partial charge in [0, 0.05) is 59.9 Å². The number of allylic oxidation sites excluding steroid dienone is 1. The summed E-state index contributed by atoms with van der Waals surface area (Å²) < 4.78 is 6.24. The van der Waals surface area contributed by atoms with Crippen LogP contribution in [0.4, 0.5) is 5.69 Å². The Morgan fingerprint density at radius 2 is 2.12 bits per heavy atom. The maximum Gasteiger partial charge on any atom is 0.232 e. The third-order valence-electron chi connectivity index (χ3n) is 5.28. The van der Waals surface area contributed by atoms with Crippen molar-refractivity contribution in [2.45, 2.75) is 32.3 Å². The second-order valence-corrected chi connectivity index (χ2v) is 9.01. The molecule has 1 amide bonds. The first-order valence-electron chi connectivity index (χ1n) is 11.0. The topological polar surface area (TPSA) is 58.6 Å². The number of thioether (sulfide) groups is 1. The van der Waals surface area contributed by atoms with Crippen LogP contribution in [0.1, 0.15) is 25.1 Å². The second-order valence-electron chi connectivity index (χ2n) is 7.59. The molecule has 8 heteroatoms. The predicted molar refractivity (Wildman–Crippen MR) is 142 cm³/mol. The number of fused-ring (bicyclic) bond motifs is 1. The normalized spacial score (nSPS) is 11.1. The van der Waals surface area contributed by atoms with E-state index < -0.39 is 0 Å². The van der Waals surface area contributed by atoms with Gasteiger partial charge in [-0.05, 0) is 32.9 Å². The first kappa shape index (κ1) is 25.6. The summed E-state index contributed by atoms with van der Waals surface area (Å²) in [7, 11) is 1.79. The van der Waals surface area contributed by atoms with Gasteiger partial charge in [-0.2, -0.15) is 0 Å². The smallest absolute Gasteiger partial charge is 0.232 e. The van der Waals surface area contributed by atoms with Gasteiger partial charge >= 0.3 is 0 Å². The third-order valence-corrected chi connectivity index (χ3v) is 6.66. The summed E-state index contributed by atoms with van der Waals surface area (Å²) in [6.45, 7) is 10.7. The van der Waals surface area contributed by atoms with Crippen molar-refractivity contribution in [1.29, 1.82) is 0 Å². The molecule has 0 unspecified atom stereocenters. The predicted octanol–water partition coefficient (Wildman–Crippen LogP) is 6.22. The lowest BCUT2D eigenvalue weighted by atomic mass is 10.1. The van der Waals surface area contributed by atoms with Gasteiger partial charge in [-0.3, -0.25) is 9.78 Å². The number of ether oxygens (including phenoxy) is 1. The largest absolute Gasteiger partial charge is 0.487 e. The SMILES string of the molecule is C=CN(/C=C\C)c1cc(C)nc2c(OCc3c(Cl)cncc3SCC(=O)N(C)CC)cccc12. The lowest BCUT2D eigenvalue weighted by Gasteiger charge is -2.19.